The van der Waals surface area contributed by atoms with E-state index >= 15 is 0 Å². The lowest BCUT2D eigenvalue weighted by Crippen LogP contribution is -2.34. The number of carbonyl (C=O) groups excluding carboxylic acids is 1. The molecule has 0 spiro atoms. The number of amides is 1. The highest BCUT2D eigenvalue weighted by Crippen LogP contribution is 2.33. The van der Waals surface area contributed by atoms with Gasteiger partial charge in [0.15, 0.2) is 5.69 Å². The first-order valence-corrected chi connectivity index (χ1v) is 7.82. The molecule has 25 heavy (non-hydrogen) atoms. The highest BCUT2D eigenvalue weighted by Gasteiger charge is 2.37. The predicted octanol–water partition coefficient (Wildman–Crippen LogP) is 2.10. The molecule has 1 aromatic carbocycles. The van der Waals surface area contributed by atoms with Crippen molar-refractivity contribution in [1.29, 1.82) is 0 Å². The summed E-state index contributed by atoms with van der Waals surface area (Å²) < 4.78 is 40.3. The Balaban J connectivity index is 1.86. The average molecular weight is 353 g/mol. The molecule has 1 atom stereocenters. The topological polar surface area (TPSA) is 77.0 Å². The third-order valence-electron chi connectivity index (χ3n) is 4.51. The molecule has 2 aromatic rings. The molecule has 0 radical (unpaired) electrons. The monoisotopic (exact) mass is 353 g/mol. The van der Waals surface area contributed by atoms with Crippen LogP contribution in [0.4, 0.5) is 13.2 Å². The molecule has 1 amide bonds. The first-order valence-electron chi connectivity index (χ1n) is 7.82. The van der Waals surface area contributed by atoms with E-state index in [1.165, 1.54) is 24.4 Å². The second-order valence-corrected chi connectivity index (χ2v) is 6.55. The lowest BCUT2D eigenvalue weighted by Gasteiger charge is -2.21. The normalized spacial score (nSPS) is 20.9. The van der Waals surface area contributed by atoms with Gasteiger partial charge in [0.1, 0.15) is 0 Å². The third-order valence-corrected chi connectivity index (χ3v) is 4.51. The number of hydrogen-bond donors (Lipinski definition) is 1. The van der Waals surface area contributed by atoms with E-state index in [0.717, 1.165) is 17.2 Å². The Morgan fingerprint density at radius 1 is 1.36 bits per heavy atom. The summed E-state index contributed by atoms with van der Waals surface area (Å²) in [6.45, 7) is 3.49. The van der Waals surface area contributed by atoms with Gasteiger partial charge in [-0.3, -0.25) is 4.79 Å². The van der Waals surface area contributed by atoms with Crippen LogP contribution in [0.15, 0.2) is 30.5 Å². The van der Waals surface area contributed by atoms with Crippen LogP contribution >= 0.6 is 0 Å². The number of halogens is 3. The van der Waals surface area contributed by atoms with E-state index in [-0.39, 0.29) is 22.7 Å². The maximum Gasteiger partial charge on any atom is 0.418 e. The van der Waals surface area contributed by atoms with E-state index < -0.39 is 11.7 Å². The van der Waals surface area contributed by atoms with Crippen molar-refractivity contribution >= 4 is 5.91 Å². The Bertz CT molecular complexity index is 788. The minimum Gasteiger partial charge on any atom is -0.337 e. The number of alkyl halides is 3. The largest absolute Gasteiger partial charge is 0.418 e. The van der Waals surface area contributed by atoms with Crippen molar-refractivity contribution in [3.63, 3.8) is 0 Å². The third kappa shape index (κ3) is 3.37. The van der Waals surface area contributed by atoms with Gasteiger partial charge in [0, 0.05) is 13.1 Å². The zero-order valence-electron chi connectivity index (χ0n) is 13.6. The number of likely N-dealkylation sites (tertiary alicyclic amines) is 1. The molecule has 1 aromatic heterocycles. The summed E-state index contributed by atoms with van der Waals surface area (Å²) in [6.07, 6.45) is -2.52. The molecule has 134 valence electrons. The predicted molar refractivity (Wildman–Crippen MR) is 84.0 cm³/mol. The minimum atomic E-state index is -4.52. The molecule has 2 heterocycles. The number of para-hydroxylation sites is 1. The molecule has 0 bridgehead atoms. The fourth-order valence-corrected chi connectivity index (χ4v) is 2.92. The van der Waals surface area contributed by atoms with Crippen molar-refractivity contribution in [2.45, 2.75) is 19.5 Å². The summed E-state index contributed by atoms with van der Waals surface area (Å²) in [6, 6.07) is 5.02. The Labute approximate surface area is 142 Å². The Morgan fingerprint density at radius 3 is 2.72 bits per heavy atom. The summed E-state index contributed by atoms with van der Waals surface area (Å²) in [7, 11) is 0. The first-order chi connectivity index (χ1) is 11.7. The second kappa shape index (κ2) is 6.14. The fourth-order valence-electron chi connectivity index (χ4n) is 2.92. The van der Waals surface area contributed by atoms with E-state index in [0.29, 0.717) is 19.6 Å². The van der Waals surface area contributed by atoms with E-state index in [2.05, 4.69) is 10.3 Å². The summed E-state index contributed by atoms with van der Waals surface area (Å²) in [5, 5.41) is 7.46. The molecule has 1 aliphatic heterocycles. The first kappa shape index (κ1) is 17.4. The molecule has 2 N–H and O–H groups in total. The van der Waals surface area contributed by atoms with Gasteiger partial charge in [-0.2, -0.15) is 13.2 Å². The van der Waals surface area contributed by atoms with Crippen LogP contribution in [-0.2, 0) is 6.18 Å². The SMILES string of the molecule is CC1(CN)CCN(C(=O)c2cn(-c3ccccc3C(F)(F)F)nn2)C1. The van der Waals surface area contributed by atoms with Gasteiger partial charge < -0.3 is 10.6 Å². The number of aromatic nitrogens is 3. The van der Waals surface area contributed by atoms with Gasteiger partial charge in [0.05, 0.1) is 17.4 Å². The van der Waals surface area contributed by atoms with E-state index in [1.807, 2.05) is 6.92 Å². The molecule has 1 saturated heterocycles. The van der Waals surface area contributed by atoms with Crippen LogP contribution in [0, 0.1) is 5.41 Å². The summed E-state index contributed by atoms with van der Waals surface area (Å²) in [4.78, 5) is 14.1. The van der Waals surface area contributed by atoms with Crippen LogP contribution < -0.4 is 5.73 Å². The Kier molecular flexibility index (Phi) is 4.28. The average Bonchev–Trinajstić information content (AvgIpc) is 3.21. The van der Waals surface area contributed by atoms with Crippen LogP contribution in [0.5, 0.6) is 0 Å². The zero-order valence-corrected chi connectivity index (χ0v) is 13.6. The van der Waals surface area contributed by atoms with E-state index in [4.69, 9.17) is 5.73 Å². The molecule has 1 fully saturated rings. The lowest BCUT2D eigenvalue weighted by atomic mass is 9.90. The highest BCUT2D eigenvalue weighted by atomic mass is 19.4. The van der Waals surface area contributed by atoms with Crippen molar-refractivity contribution in [3.05, 3.63) is 41.7 Å². The molecular formula is C16H18F3N5O. The van der Waals surface area contributed by atoms with Crippen molar-refractivity contribution in [3.8, 4) is 5.69 Å². The molecule has 6 nitrogen and oxygen atoms in total. The standard InChI is InChI=1S/C16H18F3N5O/c1-15(9-20)6-7-23(10-15)14(25)12-8-24(22-21-12)13-5-3-2-4-11(13)16(17,18)19/h2-5,8H,6-7,9-10,20H2,1H3. The summed E-state index contributed by atoms with van der Waals surface area (Å²) in [5.41, 5.74) is 4.59. The maximum absolute atomic E-state index is 13.1. The highest BCUT2D eigenvalue weighted by molar-refractivity contribution is 5.92. The number of benzene rings is 1. The van der Waals surface area contributed by atoms with E-state index in [1.54, 1.807) is 4.90 Å². The van der Waals surface area contributed by atoms with Crippen LogP contribution in [0.3, 0.4) is 0 Å². The number of nitrogens with two attached hydrogens (primary N) is 1. The molecule has 9 heteroatoms. The Hall–Kier alpha value is -2.42. The smallest absolute Gasteiger partial charge is 0.337 e. The second-order valence-electron chi connectivity index (χ2n) is 6.55. The summed E-state index contributed by atoms with van der Waals surface area (Å²) in [5.74, 6) is -0.354. The van der Waals surface area contributed by atoms with Gasteiger partial charge in [0.2, 0.25) is 0 Å². The number of rotatable bonds is 3. The van der Waals surface area contributed by atoms with Crippen molar-refractivity contribution in [1.82, 2.24) is 19.9 Å². The van der Waals surface area contributed by atoms with Gasteiger partial charge in [-0.25, -0.2) is 4.68 Å². The molecular weight excluding hydrogens is 335 g/mol. The van der Waals surface area contributed by atoms with Gasteiger partial charge in [-0.05, 0) is 30.5 Å². The van der Waals surface area contributed by atoms with Gasteiger partial charge in [0.25, 0.3) is 5.91 Å². The quantitative estimate of drug-likeness (QED) is 0.917. The van der Waals surface area contributed by atoms with Crippen LogP contribution in [0.2, 0.25) is 0 Å². The van der Waals surface area contributed by atoms with Gasteiger partial charge in [-0.1, -0.05) is 24.3 Å². The van der Waals surface area contributed by atoms with Crippen LogP contribution in [0.25, 0.3) is 5.69 Å². The number of hydrogen-bond acceptors (Lipinski definition) is 4. The fraction of sp³-hybridized carbons (Fsp3) is 0.438. The van der Waals surface area contributed by atoms with Gasteiger partial charge in [-0.15, -0.1) is 5.10 Å². The molecule has 0 saturated carbocycles. The number of carbonyl (C=O) groups is 1. The summed E-state index contributed by atoms with van der Waals surface area (Å²) >= 11 is 0. The van der Waals surface area contributed by atoms with Gasteiger partial charge >= 0.3 is 6.18 Å². The zero-order chi connectivity index (χ0) is 18.2. The Morgan fingerprint density at radius 2 is 2.08 bits per heavy atom. The van der Waals surface area contributed by atoms with Crippen molar-refractivity contribution in [2.75, 3.05) is 19.6 Å². The molecule has 3 rings (SSSR count). The van der Waals surface area contributed by atoms with Crippen molar-refractivity contribution in [2.24, 2.45) is 11.1 Å². The maximum atomic E-state index is 13.1. The van der Waals surface area contributed by atoms with Crippen molar-refractivity contribution < 1.29 is 18.0 Å². The molecule has 1 aliphatic rings. The number of nitrogens with zero attached hydrogens (tertiary/aromatic N) is 4. The molecule has 0 aliphatic carbocycles. The van der Waals surface area contributed by atoms with Crippen LogP contribution in [0.1, 0.15) is 29.4 Å². The lowest BCUT2D eigenvalue weighted by molar-refractivity contribution is -0.137. The van der Waals surface area contributed by atoms with E-state index in [9.17, 15) is 18.0 Å². The minimum absolute atomic E-state index is 0.0123. The van der Waals surface area contributed by atoms with Crippen LogP contribution in [-0.4, -0.2) is 45.4 Å². The molecule has 1 unspecified atom stereocenters.